The number of rotatable bonds is 7. The molecule has 3 aromatic carbocycles. The van der Waals surface area contributed by atoms with E-state index >= 15 is 0 Å². The number of hydrogen-bond donors (Lipinski definition) is 1. The molecule has 4 heteroatoms. The van der Waals surface area contributed by atoms with Crippen molar-refractivity contribution < 1.29 is 9.84 Å². The van der Waals surface area contributed by atoms with Gasteiger partial charge in [0.15, 0.2) is 0 Å². The van der Waals surface area contributed by atoms with Crippen LogP contribution >= 0.6 is 11.6 Å². The Morgan fingerprint density at radius 1 is 0.900 bits per heavy atom. The molecule has 4 aromatic rings. The van der Waals surface area contributed by atoms with Gasteiger partial charge in [-0.15, -0.1) is 0 Å². The minimum atomic E-state index is -0.659. The summed E-state index contributed by atoms with van der Waals surface area (Å²) in [6.45, 7) is 0.397. The Bertz CT molecular complexity index is 1140. The second-order valence-electron chi connectivity index (χ2n) is 7.06. The molecule has 4 rings (SSSR count). The molecule has 0 aliphatic heterocycles. The summed E-state index contributed by atoms with van der Waals surface area (Å²) in [5, 5.41) is 12.2. The highest BCUT2D eigenvalue weighted by Gasteiger charge is 2.05. The van der Waals surface area contributed by atoms with E-state index in [4.69, 9.17) is 16.3 Å². The number of halogens is 1. The van der Waals surface area contributed by atoms with E-state index < -0.39 is 6.10 Å². The Morgan fingerprint density at radius 2 is 1.67 bits per heavy atom. The van der Waals surface area contributed by atoms with Crippen LogP contribution in [0.2, 0.25) is 5.02 Å². The zero-order valence-corrected chi connectivity index (χ0v) is 17.2. The molecule has 30 heavy (non-hydrogen) atoms. The largest absolute Gasteiger partial charge is 0.487 e. The van der Waals surface area contributed by atoms with Crippen molar-refractivity contribution in [2.45, 2.75) is 19.1 Å². The second kappa shape index (κ2) is 9.57. The molecule has 0 bridgehead atoms. The minimum Gasteiger partial charge on any atom is -0.487 e. The van der Waals surface area contributed by atoms with Crippen LogP contribution in [-0.4, -0.2) is 10.1 Å². The number of allylic oxidation sites excluding steroid dienone is 1. The third-order valence-corrected chi connectivity index (χ3v) is 5.10. The predicted octanol–water partition coefficient (Wildman–Crippen LogP) is 6.30. The molecular weight excluding hydrogens is 394 g/mol. The summed E-state index contributed by atoms with van der Waals surface area (Å²) in [4.78, 5) is 4.62. The highest BCUT2D eigenvalue weighted by atomic mass is 35.5. The maximum absolute atomic E-state index is 10.4. The molecule has 0 amide bonds. The van der Waals surface area contributed by atoms with Gasteiger partial charge in [0.2, 0.25) is 0 Å². The first-order valence-electron chi connectivity index (χ1n) is 9.84. The molecule has 3 nitrogen and oxygen atoms in total. The Kier molecular flexibility index (Phi) is 6.43. The maximum atomic E-state index is 10.4. The zero-order chi connectivity index (χ0) is 20.8. The summed E-state index contributed by atoms with van der Waals surface area (Å²) >= 11 is 5.90. The van der Waals surface area contributed by atoms with Gasteiger partial charge >= 0.3 is 0 Å². The smallest absolute Gasteiger partial charge is 0.130 e. The van der Waals surface area contributed by atoms with E-state index in [9.17, 15) is 5.11 Å². The van der Waals surface area contributed by atoms with Crippen molar-refractivity contribution in [3.05, 3.63) is 119 Å². The van der Waals surface area contributed by atoms with Crippen molar-refractivity contribution in [2.24, 2.45) is 0 Å². The van der Waals surface area contributed by atoms with Crippen LogP contribution < -0.4 is 4.74 Å². The fraction of sp³-hybridized carbons (Fsp3) is 0.115. The zero-order valence-electron chi connectivity index (χ0n) is 16.4. The van der Waals surface area contributed by atoms with Gasteiger partial charge in [-0.3, -0.25) is 0 Å². The summed E-state index contributed by atoms with van der Waals surface area (Å²) in [6.07, 6.45) is 3.84. The number of pyridine rings is 1. The Balaban J connectivity index is 1.32. The van der Waals surface area contributed by atoms with Gasteiger partial charge in [-0.25, -0.2) is 4.98 Å². The van der Waals surface area contributed by atoms with Gasteiger partial charge in [0.05, 0.1) is 17.3 Å². The summed E-state index contributed by atoms with van der Waals surface area (Å²) in [5.74, 6) is 0.742. The maximum Gasteiger partial charge on any atom is 0.130 e. The third-order valence-electron chi connectivity index (χ3n) is 4.85. The molecule has 0 saturated heterocycles. The number of aliphatic hydroxyl groups is 1. The molecule has 0 aliphatic rings. The van der Waals surface area contributed by atoms with Crippen LogP contribution in [0.15, 0.2) is 97.1 Å². The van der Waals surface area contributed by atoms with Crippen molar-refractivity contribution >= 4 is 22.5 Å². The number of para-hydroxylation sites is 1. The number of aromatic nitrogens is 1. The van der Waals surface area contributed by atoms with E-state index in [1.807, 2.05) is 84.9 Å². The number of nitrogens with zero attached hydrogens (tertiary/aromatic N) is 1. The van der Waals surface area contributed by atoms with Crippen LogP contribution in [0.5, 0.6) is 5.75 Å². The number of aliphatic hydroxyl groups excluding tert-OH is 1. The fourth-order valence-corrected chi connectivity index (χ4v) is 3.30. The van der Waals surface area contributed by atoms with E-state index in [1.54, 1.807) is 6.08 Å². The molecule has 1 unspecified atom stereocenters. The molecule has 1 heterocycles. The lowest BCUT2D eigenvalue weighted by molar-refractivity contribution is 0.228. The lowest BCUT2D eigenvalue weighted by Crippen LogP contribution is -1.99. The second-order valence-corrected chi connectivity index (χ2v) is 7.49. The Morgan fingerprint density at radius 3 is 2.47 bits per heavy atom. The van der Waals surface area contributed by atoms with Crippen molar-refractivity contribution in [1.82, 2.24) is 4.98 Å². The molecule has 1 aromatic heterocycles. The number of benzene rings is 3. The molecule has 1 atom stereocenters. The minimum absolute atomic E-state index is 0.397. The van der Waals surface area contributed by atoms with E-state index in [-0.39, 0.29) is 0 Å². The topological polar surface area (TPSA) is 42.4 Å². The van der Waals surface area contributed by atoms with Gasteiger partial charge in [0.25, 0.3) is 0 Å². The molecule has 0 aliphatic carbocycles. The molecule has 0 radical (unpaired) electrons. The quantitative estimate of drug-likeness (QED) is 0.360. The van der Waals surface area contributed by atoms with Crippen LogP contribution in [0, 0.1) is 0 Å². The van der Waals surface area contributed by atoms with Crippen LogP contribution in [0.3, 0.4) is 0 Å². The normalized spacial score (nSPS) is 12.3. The molecular formula is C26H22ClNO2. The van der Waals surface area contributed by atoms with Crippen LogP contribution in [0.4, 0.5) is 0 Å². The summed E-state index contributed by atoms with van der Waals surface area (Å²) in [5.41, 5.74) is 3.80. The Hall–Kier alpha value is -3.14. The fourth-order valence-electron chi connectivity index (χ4n) is 3.17. The lowest BCUT2D eigenvalue weighted by atomic mass is 10.1. The van der Waals surface area contributed by atoms with Gasteiger partial charge in [0.1, 0.15) is 12.4 Å². The van der Waals surface area contributed by atoms with Crippen LogP contribution in [0.25, 0.3) is 10.9 Å². The first-order chi connectivity index (χ1) is 14.7. The first-order valence-corrected chi connectivity index (χ1v) is 10.2. The number of hydrogen-bond acceptors (Lipinski definition) is 3. The van der Waals surface area contributed by atoms with Gasteiger partial charge in [-0.05, 0) is 53.9 Å². The van der Waals surface area contributed by atoms with E-state index in [2.05, 4.69) is 11.1 Å². The highest BCUT2D eigenvalue weighted by Crippen LogP contribution is 2.20. The summed E-state index contributed by atoms with van der Waals surface area (Å²) < 4.78 is 5.85. The van der Waals surface area contributed by atoms with Crippen molar-refractivity contribution in [3.8, 4) is 5.75 Å². The van der Waals surface area contributed by atoms with Gasteiger partial charge in [-0.2, -0.15) is 0 Å². The van der Waals surface area contributed by atoms with Crippen molar-refractivity contribution in [1.29, 1.82) is 0 Å². The van der Waals surface area contributed by atoms with Crippen molar-refractivity contribution in [3.63, 3.8) is 0 Å². The summed E-state index contributed by atoms with van der Waals surface area (Å²) in [6, 6.07) is 27.2. The summed E-state index contributed by atoms with van der Waals surface area (Å²) in [7, 11) is 0. The lowest BCUT2D eigenvalue weighted by Gasteiger charge is -2.09. The SMILES string of the molecule is OC(C=CCc1ccc(Cl)cc1)c1ccc(OCc2ccc3ccccc3n2)cc1. The number of fused-ring (bicyclic) bond motifs is 1. The molecule has 0 saturated carbocycles. The highest BCUT2D eigenvalue weighted by molar-refractivity contribution is 6.30. The van der Waals surface area contributed by atoms with E-state index in [0.29, 0.717) is 6.61 Å². The van der Waals surface area contributed by atoms with Gasteiger partial charge in [0, 0.05) is 10.4 Å². The average Bonchev–Trinajstić information content (AvgIpc) is 2.79. The average molecular weight is 416 g/mol. The molecule has 1 N–H and O–H groups in total. The third kappa shape index (κ3) is 5.26. The van der Waals surface area contributed by atoms with Gasteiger partial charge in [-0.1, -0.05) is 72.3 Å². The Labute approximate surface area is 181 Å². The number of ether oxygens (including phenoxy) is 1. The molecule has 150 valence electrons. The van der Waals surface area contributed by atoms with Crippen LogP contribution in [0.1, 0.15) is 22.9 Å². The standard InChI is InChI=1S/C26H22ClNO2/c27-22-13-8-19(9-14-22)4-3-7-26(29)21-11-16-24(17-12-21)30-18-23-15-10-20-5-1-2-6-25(20)28-23/h1-3,5-17,26,29H,4,18H2. The van der Waals surface area contributed by atoms with Gasteiger partial charge < -0.3 is 9.84 Å². The predicted molar refractivity (Wildman–Crippen MR) is 122 cm³/mol. The molecule has 0 spiro atoms. The molecule has 0 fully saturated rings. The first kappa shape index (κ1) is 20.1. The van der Waals surface area contributed by atoms with Crippen molar-refractivity contribution in [2.75, 3.05) is 0 Å². The van der Waals surface area contributed by atoms with E-state index in [0.717, 1.165) is 44.9 Å². The van der Waals surface area contributed by atoms with Crippen LogP contribution in [-0.2, 0) is 13.0 Å². The van der Waals surface area contributed by atoms with E-state index in [1.165, 1.54) is 0 Å². The monoisotopic (exact) mass is 415 g/mol.